The number of benzene rings is 1. The fourth-order valence-corrected chi connectivity index (χ4v) is 2.94. The first-order chi connectivity index (χ1) is 9.62. The van der Waals surface area contributed by atoms with Gasteiger partial charge in [0.1, 0.15) is 5.54 Å². The molecule has 3 rings (SSSR count). The highest BCUT2D eigenvalue weighted by atomic mass is 16.4. The van der Waals surface area contributed by atoms with Gasteiger partial charge in [-0.3, -0.25) is 4.90 Å². The van der Waals surface area contributed by atoms with Gasteiger partial charge in [0.05, 0.1) is 0 Å². The van der Waals surface area contributed by atoms with Gasteiger partial charge < -0.3 is 10.4 Å². The van der Waals surface area contributed by atoms with Crippen molar-refractivity contribution in [3.8, 4) is 0 Å². The Balaban J connectivity index is 1.80. The number of rotatable bonds is 2. The van der Waals surface area contributed by atoms with Crippen molar-refractivity contribution in [2.24, 2.45) is 0 Å². The Hall–Kier alpha value is -2.04. The summed E-state index contributed by atoms with van der Waals surface area (Å²) < 4.78 is 0. The summed E-state index contributed by atoms with van der Waals surface area (Å²) in [4.78, 5) is 25.4. The molecular formula is C15H18N2O3. The SMILES string of the molecule is O=C(NC1(C(=O)O)CCC1)N1CCCc2ccccc21. The molecule has 1 fully saturated rings. The topological polar surface area (TPSA) is 69.6 Å². The molecule has 0 spiro atoms. The Kier molecular flexibility index (Phi) is 3.12. The van der Waals surface area contributed by atoms with E-state index in [9.17, 15) is 14.7 Å². The third-order valence-corrected chi connectivity index (χ3v) is 4.32. The highest BCUT2D eigenvalue weighted by Crippen LogP contribution is 2.33. The molecule has 0 aromatic heterocycles. The van der Waals surface area contributed by atoms with E-state index in [4.69, 9.17) is 0 Å². The van der Waals surface area contributed by atoms with E-state index in [-0.39, 0.29) is 6.03 Å². The fourth-order valence-electron chi connectivity index (χ4n) is 2.94. The van der Waals surface area contributed by atoms with E-state index in [1.165, 1.54) is 0 Å². The molecule has 1 saturated carbocycles. The van der Waals surface area contributed by atoms with Crippen LogP contribution in [0.15, 0.2) is 24.3 Å². The largest absolute Gasteiger partial charge is 0.480 e. The number of nitrogens with zero attached hydrogens (tertiary/aromatic N) is 1. The molecule has 0 radical (unpaired) electrons. The van der Waals surface area contributed by atoms with E-state index in [0.717, 1.165) is 30.5 Å². The van der Waals surface area contributed by atoms with Crippen molar-refractivity contribution >= 4 is 17.7 Å². The average Bonchev–Trinajstić information content (AvgIpc) is 2.41. The van der Waals surface area contributed by atoms with Crippen LogP contribution in [0.1, 0.15) is 31.2 Å². The van der Waals surface area contributed by atoms with Gasteiger partial charge >= 0.3 is 12.0 Å². The number of carbonyl (C=O) groups is 2. The van der Waals surface area contributed by atoms with Crippen molar-refractivity contribution in [3.05, 3.63) is 29.8 Å². The molecule has 5 heteroatoms. The number of amides is 2. The number of aliphatic carboxylic acids is 1. The number of nitrogens with one attached hydrogen (secondary N) is 1. The number of carboxylic acid groups (broad SMARTS) is 1. The molecule has 1 aliphatic heterocycles. The Labute approximate surface area is 117 Å². The minimum atomic E-state index is -1.05. The Morgan fingerprint density at radius 1 is 1.20 bits per heavy atom. The van der Waals surface area contributed by atoms with Crippen molar-refractivity contribution < 1.29 is 14.7 Å². The van der Waals surface area contributed by atoms with Gasteiger partial charge in [-0.15, -0.1) is 0 Å². The minimum absolute atomic E-state index is 0.292. The van der Waals surface area contributed by atoms with E-state index in [2.05, 4.69) is 5.32 Å². The summed E-state index contributed by atoms with van der Waals surface area (Å²) in [5, 5.41) is 12.0. The van der Waals surface area contributed by atoms with Crippen LogP contribution >= 0.6 is 0 Å². The number of fused-ring (bicyclic) bond motifs is 1. The molecule has 5 nitrogen and oxygen atoms in total. The molecule has 1 heterocycles. The summed E-state index contributed by atoms with van der Waals surface area (Å²) in [6.45, 7) is 0.637. The molecule has 0 bridgehead atoms. The number of carboxylic acids is 1. The van der Waals surface area contributed by atoms with Crippen LogP contribution in [0.25, 0.3) is 0 Å². The summed E-state index contributed by atoms with van der Waals surface area (Å²) in [6.07, 6.45) is 3.75. The van der Waals surface area contributed by atoms with Crippen LogP contribution in [0, 0.1) is 0 Å². The molecule has 2 amide bonds. The van der Waals surface area contributed by atoms with Crippen LogP contribution in [0.4, 0.5) is 10.5 Å². The number of aryl methyl sites for hydroxylation is 1. The van der Waals surface area contributed by atoms with E-state index < -0.39 is 11.5 Å². The molecule has 0 unspecified atom stereocenters. The van der Waals surface area contributed by atoms with Gasteiger partial charge in [-0.05, 0) is 43.7 Å². The van der Waals surface area contributed by atoms with Crippen molar-refractivity contribution in [2.45, 2.75) is 37.6 Å². The molecule has 0 atom stereocenters. The van der Waals surface area contributed by atoms with Gasteiger partial charge in [0.25, 0.3) is 0 Å². The molecule has 106 valence electrons. The van der Waals surface area contributed by atoms with Crippen LogP contribution < -0.4 is 10.2 Å². The smallest absolute Gasteiger partial charge is 0.329 e. The second kappa shape index (κ2) is 4.81. The number of hydrogen-bond donors (Lipinski definition) is 2. The Bertz CT molecular complexity index is 552. The van der Waals surface area contributed by atoms with Crippen LogP contribution in [-0.2, 0) is 11.2 Å². The number of para-hydroxylation sites is 1. The second-order valence-electron chi connectivity index (χ2n) is 5.55. The molecule has 2 N–H and O–H groups in total. The fraction of sp³-hybridized carbons (Fsp3) is 0.467. The van der Waals surface area contributed by atoms with E-state index >= 15 is 0 Å². The molecule has 20 heavy (non-hydrogen) atoms. The zero-order valence-electron chi connectivity index (χ0n) is 11.3. The third-order valence-electron chi connectivity index (χ3n) is 4.32. The molecular weight excluding hydrogens is 256 g/mol. The van der Waals surface area contributed by atoms with Crippen LogP contribution in [-0.4, -0.2) is 29.2 Å². The lowest BCUT2D eigenvalue weighted by atomic mass is 9.77. The zero-order valence-corrected chi connectivity index (χ0v) is 11.3. The third kappa shape index (κ3) is 2.03. The molecule has 1 aliphatic carbocycles. The summed E-state index contributed by atoms with van der Waals surface area (Å²) in [6, 6.07) is 7.51. The number of hydrogen-bond acceptors (Lipinski definition) is 2. The zero-order chi connectivity index (χ0) is 14.2. The molecule has 2 aliphatic rings. The highest BCUT2D eigenvalue weighted by molar-refractivity contribution is 5.97. The standard InChI is InChI=1S/C15H18N2O3/c18-13(19)15(8-4-9-15)16-14(20)17-10-3-6-11-5-1-2-7-12(11)17/h1-2,5,7H,3-4,6,8-10H2,(H,16,20)(H,18,19). The van der Waals surface area contributed by atoms with Crippen LogP contribution in [0.2, 0.25) is 0 Å². The van der Waals surface area contributed by atoms with Crippen LogP contribution in [0.5, 0.6) is 0 Å². The maximum absolute atomic E-state index is 12.4. The van der Waals surface area contributed by atoms with E-state index in [1.807, 2.05) is 24.3 Å². The quantitative estimate of drug-likeness (QED) is 0.868. The normalized spacial score (nSPS) is 19.7. The summed E-state index contributed by atoms with van der Waals surface area (Å²) in [5.41, 5.74) is 0.992. The van der Waals surface area contributed by atoms with Gasteiger partial charge in [0, 0.05) is 12.2 Å². The number of carbonyl (C=O) groups excluding carboxylic acids is 1. The predicted octanol–water partition coefficient (Wildman–Crippen LogP) is 2.16. The van der Waals surface area contributed by atoms with Crippen molar-refractivity contribution in [1.29, 1.82) is 0 Å². The second-order valence-corrected chi connectivity index (χ2v) is 5.55. The lowest BCUT2D eigenvalue weighted by molar-refractivity contribution is -0.148. The Morgan fingerprint density at radius 2 is 1.95 bits per heavy atom. The lowest BCUT2D eigenvalue weighted by Crippen LogP contribution is -2.62. The van der Waals surface area contributed by atoms with Crippen LogP contribution in [0.3, 0.4) is 0 Å². The number of urea groups is 1. The summed E-state index contributed by atoms with van der Waals surface area (Å²) in [5.74, 6) is -0.928. The molecule has 1 aromatic rings. The lowest BCUT2D eigenvalue weighted by Gasteiger charge is -2.40. The van der Waals surface area contributed by atoms with Crippen molar-refractivity contribution in [2.75, 3.05) is 11.4 Å². The number of anilines is 1. The minimum Gasteiger partial charge on any atom is -0.480 e. The average molecular weight is 274 g/mol. The Morgan fingerprint density at radius 3 is 2.60 bits per heavy atom. The van der Waals surface area contributed by atoms with Crippen molar-refractivity contribution in [3.63, 3.8) is 0 Å². The highest BCUT2D eigenvalue weighted by Gasteiger charge is 2.46. The monoisotopic (exact) mass is 274 g/mol. The maximum Gasteiger partial charge on any atom is 0.329 e. The van der Waals surface area contributed by atoms with Gasteiger partial charge in [0.2, 0.25) is 0 Å². The van der Waals surface area contributed by atoms with E-state index in [1.54, 1.807) is 4.90 Å². The summed E-state index contributed by atoms with van der Waals surface area (Å²) >= 11 is 0. The summed E-state index contributed by atoms with van der Waals surface area (Å²) in [7, 11) is 0. The van der Waals surface area contributed by atoms with Gasteiger partial charge in [-0.25, -0.2) is 9.59 Å². The van der Waals surface area contributed by atoms with Gasteiger partial charge in [-0.2, -0.15) is 0 Å². The first kappa shape index (κ1) is 13.0. The maximum atomic E-state index is 12.4. The predicted molar refractivity (Wildman–Crippen MR) is 74.9 cm³/mol. The van der Waals surface area contributed by atoms with Gasteiger partial charge in [-0.1, -0.05) is 18.2 Å². The molecule has 1 aromatic carbocycles. The first-order valence-corrected chi connectivity index (χ1v) is 7.03. The van der Waals surface area contributed by atoms with E-state index in [0.29, 0.717) is 19.4 Å². The molecule has 0 saturated heterocycles. The van der Waals surface area contributed by atoms with Crippen molar-refractivity contribution in [1.82, 2.24) is 5.32 Å². The van der Waals surface area contributed by atoms with Gasteiger partial charge in [0.15, 0.2) is 0 Å². The first-order valence-electron chi connectivity index (χ1n) is 7.03.